The van der Waals surface area contributed by atoms with Gasteiger partial charge in [-0.1, -0.05) is 24.3 Å². The maximum atomic E-state index is 12.0. The van der Waals surface area contributed by atoms with Gasteiger partial charge in [0.15, 0.2) is 0 Å². The molecule has 2 amide bonds. The fourth-order valence-electron chi connectivity index (χ4n) is 1.84. The number of nitrogens with zero attached hydrogens (tertiary/aromatic N) is 1. The summed E-state index contributed by atoms with van der Waals surface area (Å²) in [5, 5.41) is 0.941. The van der Waals surface area contributed by atoms with Crippen LogP contribution in [0, 0.1) is 0 Å². The highest BCUT2D eigenvalue weighted by atomic mass is 16.3. The molecule has 2 heterocycles. The number of fused-ring (bicyclic) bond motifs is 1. The number of rotatable bonds is 2. The van der Waals surface area contributed by atoms with Crippen molar-refractivity contribution in [2.75, 3.05) is 0 Å². The van der Waals surface area contributed by atoms with Crippen molar-refractivity contribution in [1.29, 1.82) is 0 Å². The average Bonchev–Trinajstić information content (AvgIpc) is 3.06. The third kappa shape index (κ3) is 2.74. The number of pyridine rings is 1. The van der Waals surface area contributed by atoms with Gasteiger partial charge in [-0.25, -0.2) is 4.98 Å². The fourth-order valence-corrected chi connectivity index (χ4v) is 1.84. The summed E-state index contributed by atoms with van der Waals surface area (Å²) in [5.74, 6) is -0.949. The molecule has 0 aliphatic heterocycles. The molecule has 6 heteroatoms. The number of para-hydroxylation sites is 1. The van der Waals surface area contributed by atoms with E-state index in [1.807, 2.05) is 24.3 Å². The molecule has 2 aromatic heterocycles. The molecule has 0 aliphatic carbocycles. The van der Waals surface area contributed by atoms with Crippen LogP contribution in [-0.2, 0) is 0 Å². The normalized spacial score (nSPS) is 10.3. The third-order valence-electron chi connectivity index (χ3n) is 2.90. The van der Waals surface area contributed by atoms with Gasteiger partial charge in [-0.3, -0.25) is 20.4 Å². The summed E-state index contributed by atoms with van der Waals surface area (Å²) in [5.41, 5.74) is 5.86. The van der Waals surface area contributed by atoms with Crippen molar-refractivity contribution in [3.05, 3.63) is 66.2 Å². The van der Waals surface area contributed by atoms with Gasteiger partial charge in [0.25, 0.3) is 11.8 Å². The first-order chi connectivity index (χ1) is 10.2. The quantitative estimate of drug-likeness (QED) is 0.703. The molecular formula is C15H11N3O3. The van der Waals surface area contributed by atoms with Crippen LogP contribution < -0.4 is 10.9 Å². The van der Waals surface area contributed by atoms with Crippen LogP contribution in [0.1, 0.15) is 20.8 Å². The van der Waals surface area contributed by atoms with E-state index >= 15 is 0 Å². The minimum Gasteiger partial charge on any atom is -0.472 e. The van der Waals surface area contributed by atoms with Crippen LogP contribution in [-0.4, -0.2) is 16.8 Å². The Morgan fingerprint density at radius 3 is 2.57 bits per heavy atom. The largest absolute Gasteiger partial charge is 0.472 e. The number of furan rings is 1. The summed E-state index contributed by atoms with van der Waals surface area (Å²) in [4.78, 5) is 27.8. The third-order valence-corrected chi connectivity index (χ3v) is 2.90. The Balaban J connectivity index is 1.70. The summed E-state index contributed by atoms with van der Waals surface area (Å²) in [6.07, 6.45) is 2.66. The van der Waals surface area contributed by atoms with E-state index in [0.29, 0.717) is 11.1 Å². The Morgan fingerprint density at radius 1 is 0.952 bits per heavy atom. The minimum atomic E-state index is -0.488. The van der Waals surface area contributed by atoms with Crippen molar-refractivity contribution in [3.63, 3.8) is 0 Å². The van der Waals surface area contributed by atoms with Crippen molar-refractivity contribution in [3.8, 4) is 0 Å². The van der Waals surface area contributed by atoms with Gasteiger partial charge in [-0.15, -0.1) is 0 Å². The Hall–Kier alpha value is -3.15. The van der Waals surface area contributed by atoms with Crippen molar-refractivity contribution >= 4 is 22.7 Å². The smallest absolute Gasteiger partial charge is 0.288 e. The SMILES string of the molecule is O=C(NNC(=O)c1ccc2ccccc2n1)c1ccoc1. The van der Waals surface area contributed by atoms with Gasteiger partial charge in [0.2, 0.25) is 0 Å². The predicted octanol–water partition coefficient (Wildman–Crippen LogP) is 1.90. The van der Waals surface area contributed by atoms with E-state index in [2.05, 4.69) is 15.8 Å². The second-order valence-corrected chi connectivity index (χ2v) is 4.31. The van der Waals surface area contributed by atoms with Crippen LogP contribution in [0.3, 0.4) is 0 Å². The molecule has 0 aliphatic rings. The van der Waals surface area contributed by atoms with Gasteiger partial charge >= 0.3 is 0 Å². The number of nitrogens with one attached hydrogen (secondary N) is 2. The standard InChI is InChI=1S/C15H11N3O3/c19-14(11-7-8-21-9-11)17-18-15(20)13-6-5-10-3-1-2-4-12(10)16-13/h1-9H,(H,17,19)(H,18,20). The number of hydrogen-bond acceptors (Lipinski definition) is 4. The Kier molecular flexibility index (Phi) is 3.34. The van der Waals surface area contributed by atoms with E-state index in [1.54, 1.807) is 12.1 Å². The van der Waals surface area contributed by atoms with Gasteiger partial charge in [-0.2, -0.15) is 0 Å². The van der Waals surface area contributed by atoms with Gasteiger partial charge < -0.3 is 4.42 Å². The Labute approximate surface area is 119 Å². The molecule has 104 valence electrons. The van der Waals surface area contributed by atoms with E-state index in [0.717, 1.165) is 5.39 Å². The number of hydrazine groups is 1. The van der Waals surface area contributed by atoms with Crippen molar-refractivity contribution in [2.24, 2.45) is 0 Å². The first kappa shape index (κ1) is 12.9. The highest BCUT2D eigenvalue weighted by Gasteiger charge is 2.11. The molecule has 0 spiro atoms. The minimum absolute atomic E-state index is 0.223. The fraction of sp³-hybridized carbons (Fsp3) is 0. The summed E-state index contributed by atoms with van der Waals surface area (Å²) in [7, 11) is 0. The lowest BCUT2D eigenvalue weighted by molar-refractivity contribution is 0.0844. The molecule has 0 saturated heterocycles. The lowest BCUT2D eigenvalue weighted by atomic mass is 10.2. The molecule has 0 radical (unpaired) electrons. The second kappa shape index (κ2) is 5.46. The van der Waals surface area contributed by atoms with Gasteiger partial charge in [-0.05, 0) is 18.2 Å². The van der Waals surface area contributed by atoms with Crippen LogP contribution in [0.4, 0.5) is 0 Å². The molecule has 21 heavy (non-hydrogen) atoms. The molecule has 0 fully saturated rings. The number of amides is 2. The van der Waals surface area contributed by atoms with Crippen molar-refractivity contribution in [1.82, 2.24) is 15.8 Å². The zero-order chi connectivity index (χ0) is 14.7. The van der Waals surface area contributed by atoms with Crippen molar-refractivity contribution < 1.29 is 14.0 Å². The number of carbonyl (C=O) groups is 2. The predicted molar refractivity (Wildman–Crippen MR) is 75.4 cm³/mol. The average molecular weight is 281 g/mol. The first-order valence-electron chi connectivity index (χ1n) is 6.23. The molecule has 0 saturated carbocycles. The highest BCUT2D eigenvalue weighted by Crippen LogP contribution is 2.11. The summed E-state index contributed by atoms with van der Waals surface area (Å²) < 4.78 is 4.79. The molecule has 0 unspecified atom stereocenters. The molecule has 1 aromatic carbocycles. The molecule has 0 atom stereocenters. The Morgan fingerprint density at radius 2 is 1.76 bits per heavy atom. The zero-order valence-electron chi connectivity index (χ0n) is 10.9. The topological polar surface area (TPSA) is 84.2 Å². The number of hydrogen-bond donors (Lipinski definition) is 2. The maximum absolute atomic E-state index is 12.0. The number of benzene rings is 1. The van der Waals surface area contributed by atoms with E-state index in [4.69, 9.17) is 4.42 Å². The van der Waals surface area contributed by atoms with Gasteiger partial charge in [0.1, 0.15) is 12.0 Å². The van der Waals surface area contributed by atoms with Gasteiger partial charge in [0.05, 0.1) is 17.3 Å². The van der Waals surface area contributed by atoms with E-state index in [1.165, 1.54) is 18.6 Å². The first-order valence-corrected chi connectivity index (χ1v) is 6.23. The zero-order valence-corrected chi connectivity index (χ0v) is 10.9. The van der Waals surface area contributed by atoms with Crippen LogP contribution in [0.5, 0.6) is 0 Å². The van der Waals surface area contributed by atoms with Crippen LogP contribution in [0.2, 0.25) is 0 Å². The Bertz CT molecular complexity index is 797. The molecule has 3 aromatic rings. The number of aromatic nitrogens is 1. The van der Waals surface area contributed by atoms with E-state index in [9.17, 15) is 9.59 Å². The lowest BCUT2D eigenvalue weighted by Crippen LogP contribution is -2.41. The van der Waals surface area contributed by atoms with E-state index in [-0.39, 0.29) is 5.69 Å². The molecule has 6 nitrogen and oxygen atoms in total. The highest BCUT2D eigenvalue weighted by molar-refractivity contribution is 5.99. The van der Waals surface area contributed by atoms with Crippen molar-refractivity contribution in [2.45, 2.75) is 0 Å². The van der Waals surface area contributed by atoms with Crippen LogP contribution in [0.15, 0.2) is 59.4 Å². The van der Waals surface area contributed by atoms with E-state index < -0.39 is 11.8 Å². The molecule has 0 bridgehead atoms. The summed E-state index contributed by atoms with van der Waals surface area (Å²) in [6.45, 7) is 0. The summed E-state index contributed by atoms with van der Waals surface area (Å²) >= 11 is 0. The summed E-state index contributed by atoms with van der Waals surface area (Å²) in [6, 6.07) is 12.4. The van der Waals surface area contributed by atoms with Crippen LogP contribution >= 0.6 is 0 Å². The monoisotopic (exact) mass is 281 g/mol. The molecule has 2 N–H and O–H groups in total. The lowest BCUT2D eigenvalue weighted by Gasteiger charge is -2.06. The molecular weight excluding hydrogens is 270 g/mol. The maximum Gasteiger partial charge on any atom is 0.288 e. The van der Waals surface area contributed by atoms with Gasteiger partial charge in [0, 0.05) is 5.39 Å². The molecule has 3 rings (SSSR count). The second-order valence-electron chi connectivity index (χ2n) is 4.31. The number of carbonyl (C=O) groups excluding carboxylic acids is 2. The van der Waals surface area contributed by atoms with Crippen LogP contribution in [0.25, 0.3) is 10.9 Å².